The lowest BCUT2D eigenvalue weighted by atomic mass is 9.44. The maximum Gasteiger partial charge on any atom is 0.186 e. The molecular formula is C47H70O6. The number of rotatable bonds is 14. The van der Waals surface area contributed by atoms with Crippen LogP contribution in [-0.4, -0.2) is 53.6 Å². The van der Waals surface area contributed by atoms with Crippen molar-refractivity contribution in [3.63, 3.8) is 0 Å². The van der Waals surface area contributed by atoms with E-state index in [0.29, 0.717) is 30.0 Å². The van der Waals surface area contributed by atoms with Gasteiger partial charge in [0.1, 0.15) is 24.4 Å². The number of aliphatic hydroxyl groups is 2. The molecule has 2 aromatic rings. The Hall–Kier alpha value is -1.80. The normalized spacial score (nSPS) is 40.3. The highest BCUT2D eigenvalue weighted by Crippen LogP contribution is 2.68. The molecule has 0 aromatic heterocycles. The summed E-state index contributed by atoms with van der Waals surface area (Å²) in [7, 11) is 0. The highest BCUT2D eigenvalue weighted by molar-refractivity contribution is 5.15. The van der Waals surface area contributed by atoms with Gasteiger partial charge in [0, 0.05) is 0 Å². The summed E-state index contributed by atoms with van der Waals surface area (Å²) in [5, 5.41) is 22.9. The predicted octanol–water partition coefficient (Wildman–Crippen LogP) is 9.74. The first-order valence-corrected chi connectivity index (χ1v) is 21.5. The van der Waals surface area contributed by atoms with Crippen LogP contribution in [0.5, 0.6) is 0 Å². The standard InChI is InChI=1S/C47H70O6/c1-31(2)13-12-14-32(3)38-21-22-39-37-20-19-35-27-36(23-25-46(35,4)40(37)24-26-47(38,39)5)52-45-43(49)42(48)44(51-29-34-17-10-7-11-18-34)41(53-45)30-50-28-33-15-8-6-9-16-33/h6-11,15-18,31-32,35-45,48-49H,12-14,19-30H2,1-5H3/t32-,35+,36+,37+,38-,39+,40+,41-,42-,43-,44-,45-,46+,47-/m1/s1. The quantitative estimate of drug-likeness (QED) is 0.189. The van der Waals surface area contributed by atoms with Gasteiger partial charge in [-0.15, -0.1) is 0 Å². The van der Waals surface area contributed by atoms with Gasteiger partial charge >= 0.3 is 0 Å². The molecule has 14 atom stereocenters. The Kier molecular flexibility index (Phi) is 12.8. The first-order valence-electron chi connectivity index (χ1n) is 21.5. The van der Waals surface area contributed by atoms with E-state index in [2.05, 4.69) is 34.6 Å². The second kappa shape index (κ2) is 17.1. The highest BCUT2D eigenvalue weighted by atomic mass is 16.7. The van der Waals surface area contributed by atoms with Crippen molar-refractivity contribution >= 4 is 0 Å². The molecule has 5 fully saturated rings. The van der Waals surface area contributed by atoms with Crippen LogP contribution in [0.3, 0.4) is 0 Å². The Bertz CT molecular complexity index is 1420. The minimum atomic E-state index is -1.20. The van der Waals surface area contributed by atoms with Crippen LogP contribution in [0.15, 0.2) is 60.7 Å². The van der Waals surface area contributed by atoms with Crippen molar-refractivity contribution in [2.75, 3.05) is 6.61 Å². The van der Waals surface area contributed by atoms with Crippen LogP contribution in [0.4, 0.5) is 0 Å². The van der Waals surface area contributed by atoms with Crippen molar-refractivity contribution in [2.45, 2.75) is 162 Å². The van der Waals surface area contributed by atoms with Crippen LogP contribution in [-0.2, 0) is 32.2 Å². The smallest absolute Gasteiger partial charge is 0.186 e. The van der Waals surface area contributed by atoms with E-state index in [0.717, 1.165) is 59.5 Å². The Labute approximate surface area is 320 Å². The van der Waals surface area contributed by atoms with Crippen LogP contribution in [0.25, 0.3) is 0 Å². The van der Waals surface area contributed by atoms with E-state index in [9.17, 15) is 10.2 Å². The second-order valence-electron chi connectivity index (χ2n) is 19.0. The lowest BCUT2D eigenvalue weighted by molar-refractivity contribution is -0.324. The van der Waals surface area contributed by atoms with E-state index in [-0.39, 0.29) is 12.7 Å². The average Bonchev–Trinajstić information content (AvgIpc) is 3.51. The summed E-state index contributed by atoms with van der Waals surface area (Å²) in [5.41, 5.74) is 2.93. The molecule has 0 bridgehead atoms. The summed E-state index contributed by atoms with van der Waals surface area (Å²) in [4.78, 5) is 0. The van der Waals surface area contributed by atoms with Crippen LogP contribution in [0.2, 0.25) is 0 Å². The molecule has 0 amide bonds. The summed E-state index contributed by atoms with van der Waals surface area (Å²) in [5.74, 6) is 5.73. The van der Waals surface area contributed by atoms with Gasteiger partial charge in [-0.25, -0.2) is 0 Å². The van der Waals surface area contributed by atoms with Crippen LogP contribution < -0.4 is 0 Å². The maximum absolute atomic E-state index is 11.5. The Morgan fingerprint density at radius 3 is 2.15 bits per heavy atom. The van der Waals surface area contributed by atoms with E-state index in [1.54, 1.807) is 0 Å². The van der Waals surface area contributed by atoms with Gasteiger partial charge < -0.3 is 29.2 Å². The molecule has 1 saturated heterocycles. The Balaban J connectivity index is 0.971. The van der Waals surface area contributed by atoms with E-state index in [1.165, 1.54) is 64.2 Å². The third-order valence-electron chi connectivity index (χ3n) is 15.5. The first-order chi connectivity index (χ1) is 25.6. The molecule has 5 aliphatic rings. The van der Waals surface area contributed by atoms with Crippen molar-refractivity contribution < 1.29 is 29.2 Å². The molecule has 0 radical (unpaired) electrons. The van der Waals surface area contributed by atoms with Gasteiger partial charge in [-0.05, 0) is 121 Å². The minimum absolute atomic E-state index is 0.000514. The zero-order chi connectivity index (χ0) is 37.2. The number of benzene rings is 2. The molecule has 2 N–H and O–H groups in total. The number of ether oxygens (including phenoxy) is 4. The van der Waals surface area contributed by atoms with Crippen molar-refractivity contribution in [3.05, 3.63) is 71.8 Å². The summed E-state index contributed by atoms with van der Waals surface area (Å²) in [6.45, 7) is 13.6. The van der Waals surface area contributed by atoms with Gasteiger partial charge in [0.25, 0.3) is 0 Å². The third-order valence-corrected chi connectivity index (χ3v) is 15.5. The van der Waals surface area contributed by atoms with E-state index in [4.69, 9.17) is 18.9 Å². The SMILES string of the molecule is CC(C)CCC[C@@H](C)[C@H]1CC[C@H]2[C@@H]3CC[C@H]4C[C@@H](O[C@@H]5O[C@H](COCc6ccccc6)[C@@H](OCc6ccccc6)[C@H](O)[C@H]5O)CC[C@]4(C)[C@H]3CC[C@]12C. The van der Waals surface area contributed by atoms with Crippen molar-refractivity contribution in [1.29, 1.82) is 0 Å². The molecule has 0 unspecified atom stereocenters. The summed E-state index contributed by atoms with van der Waals surface area (Å²) in [6.07, 6.45) is 11.0. The first kappa shape index (κ1) is 39.4. The number of hydrogen-bond acceptors (Lipinski definition) is 6. The number of hydrogen-bond donors (Lipinski definition) is 2. The zero-order valence-corrected chi connectivity index (χ0v) is 33.4. The summed E-state index contributed by atoms with van der Waals surface area (Å²) >= 11 is 0. The molecule has 2 aromatic carbocycles. The van der Waals surface area contributed by atoms with Gasteiger partial charge in [-0.3, -0.25) is 0 Å². The monoisotopic (exact) mass is 731 g/mol. The molecule has 7 rings (SSSR count). The molecule has 0 spiro atoms. The van der Waals surface area contributed by atoms with Crippen LogP contribution in [0.1, 0.15) is 123 Å². The van der Waals surface area contributed by atoms with E-state index < -0.39 is 30.7 Å². The third kappa shape index (κ3) is 8.49. The van der Waals surface area contributed by atoms with Gasteiger partial charge in [0.05, 0.1) is 25.9 Å². The second-order valence-corrected chi connectivity index (χ2v) is 19.0. The molecule has 1 aliphatic heterocycles. The largest absolute Gasteiger partial charge is 0.387 e. The number of aliphatic hydroxyl groups excluding tert-OH is 2. The average molecular weight is 731 g/mol. The molecule has 53 heavy (non-hydrogen) atoms. The lowest BCUT2D eigenvalue weighted by Gasteiger charge is -2.61. The Morgan fingerprint density at radius 2 is 1.43 bits per heavy atom. The lowest BCUT2D eigenvalue weighted by Crippen LogP contribution is -2.61. The molecular weight excluding hydrogens is 661 g/mol. The summed E-state index contributed by atoms with van der Waals surface area (Å²) < 4.78 is 25.6. The molecule has 4 aliphatic carbocycles. The fraction of sp³-hybridized carbons (Fsp3) is 0.745. The van der Waals surface area contributed by atoms with Crippen molar-refractivity contribution in [1.82, 2.24) is 0 Å². The molecule has 1 heterocycles. The summed E-state index contributed by atoms with van der Waals surface area (Å²) in [6, 6.07) is 20.0. The van der Waals surface area contributed by atoms with Crippen molar-refractivity contribution in [2.24, 2.45) is 52.3 Å². The molecule has 294 valence electrons. The zero-order valence-electron chi connectivity index (χ0n) is 33.4. The van der Waals surface area contributed by atoms with Gasteiger partial charge in [0.15, 0.2) is 6.29 Å². The fourth-order valence-electron chi connectivity index (χ4n) is 12.5. The van der Waals surface area contributed by atoms with Crippen molar-refractivity contribution in [3.8, 4) is 0 Å². The Morgan fingerprint density at radius 1 is 0.755 bits per heavy atom. The van der Waals surface area contributed by atoms with Crippen LogP contribution >= 0.6 is 0 Å². The maximum atomic E-state index is 11.5. The van der Waals surface area contributed by atoms with Gasteiger partial charge in [0.2, 0.25) is 0 Å². The van der Waals surface area contributed by atoms with E-state index in [1.807, 2.05) is 60.7 Å². The highest BCUT2D eigenvalue weighted by Gasteiger charge is 2.61. The fourth-order valence-corrected chi connectivity index (χ4v) is 12.5. The molecule has 6 heteroatoms. The molecule has 6 nitrogen and oxygen atoms in total. The predicted molar refractivity (Wildman–Crippen MR) is 210 cm³/mol. The topological polar surface area (TPSA) is 77.4 Å². The number of fused-ring (bicyclic) bond motifs is 5. The minimum Gasteiger partial charge on any atom is -0.387 e. The van der Waals surface area contributed by atoms with Gasteiger partial charge in [-0.2, -0.15) is 0 Å². The molecule has 4 saturated carbocycles. The van der Waals surface area contributed by atoms with E-state index >= 15 is 0 Å². The van der Waals surface area contributed by atoms with Gasteiger partial charge in [-0.1, -0.05) is 115 Å². The van der Waals surface area contributed by atoms with Crippen LogP contribution in [0, 0.1) is 52.3 Å².